The van der Waals surface area contributed by atoms with Crippen LogP contribution in [0.5, 0.6) is 0 Å². The van der Waals surface area contributed by atoms with E-state index in [1.165, 1.54) is 205 Å². The monoisotopic (exact) mass is 1570 g/mol. The Morgan fingerprint density at radius 1 is 0.388 bits per heavy atom. The van der Waals surface area contributed by atoms with Crippen molar-refractivity contribution in [2.75, 3.05) is 78.5 Å². The number of carboxylic acid groups (broad SMARTS) is 3. The zero-order valence-corrected chi connectivity index (χ0v) is 66.7. The molecular formula is C95H106N8O13. The van der Waals surface area contributed by atoms with E-state index in [0.29, 0.717) is 82.8 Å². The molecule has 10 heterocycles. The van der Waals surface area contributed by atoms with Gasteiger partial charge in [-0.25, -0.2) is 0 Å². The number of allylic oxidation sites excluding steroid dienone is 1. The largest absolute Gasteiger partial charge is 0.876 e. The summed E-state index contributed by atoms with van der Waals surface area (Å²) in [7, 11) is 0. The molecule has 604 valence electrons. The number of benzene rings is 8. The van der Waals surface area contributed by atoms with Crippen LogP contribution >= 0.6 is 0 Å². The molecule has 0 spiro atoms. The highest BCUT2D eigenvalue weighted by atomic mass is 16.4. The second-order valence-corrected chi connectivity index (χ2v) is 30.2. The number of nitrogens with one attached hydrogen (secondary N) is 4. The van der Waals surface area contributed by atoms with Gasteiger partial charge >= 0.3 is 0 Å². The van der Waals surface area contributed by atoms with E-state index in [9.17, 15) is 54.0 Å². The summed E-state index contributed by atoms with van der Waals surface area (Å²) < 4.78 is 21.3. The topological polar surface area (TPSA) is 298 Å². The molecule has 0 bridgehead atoms. The second kappa shape index (κ2) is 42.8. The van der Waals surface area contributed by atoms with Crippen LogP contribution in [-0.2, 0) is 33.6 Å². The third-order valence-corrected chi connectivity index (χ3v) is 21.8. The molecule has 2 aromatic heterocycles. The van der Waals surface area contributed by atoms with Crippen LogP contribution in [0.4, 0.5) is 0 Å². The van der Waals surface area contributed by atoms with Crippen molar-refractivity contribution in [1.29, 1.82) is 0 Å². The number of aliphatic carboxylic acids is 3. The van der Waals surface area contributed by atoms with Gasteiger partial charge in [0.15, 0.2) is 11.6 Å². The fourth-order valence-electron chi connectivity index (χ4n) is 15.6. The summed E-state index contributed by atoms with van der Waals surface area (Å²) in [5.74, 6) is 1.53. The van der Waals surface area contributed by atoms with Crippen molar-refractivity contribution in [3.63, 3.8) is 0 Å². The molecule has 0 radical (unpaired) electrons. The van der Waals surface area contributed by atoms with Crippen LogP contribution in [0.3, 0.4) is 0 Å². The lowest BCUT2D eigenvalue weighted by Gasteiger charge is -2.14. The van der Waals surface area contributed by atoms with Crippen molar-refractivity contribution in [2.45, 2.75) is 142 Å². The van der Waals surface area contributed by atoms with Crippen LogP contribution in [0.1, 0.15) is 175 Å². The standard InChI is InChI=1S/C17H16O2.C16H14O3.2C15H10O4.2C9H16N2.2C7H12N2/c1-12(18)11-15-9-6-10-16(13(15)2)17(19)14-7-4-3-5-8-14;1-11(16(18)19)13-8-5-9-14(10-13)15(17)12-6-3-2-4-7-12;2*16-14(17)8-9-5-6-13-11(7-9)15(18)10-3-1-2-4-12(10)19-13;2*1-2-5-9-10-6-4-8-11(9)7-3-1;2*1-3-7-8-4-2-6-9(7)5-1/h3-10,18H,1,11H2,2H3;2-11H,1H3,(H,18,19);2*1-7H,8H2,(H,16,17);2*1-8H2;2*1-6H2. The maximum absolute atomic E-state index is 12.4. The van der Waals surface area contributed by atoms with E-state index in [0.717, 1.165) is 11.1 Å². The minimum atomic E-state index is -1.18. The number of carboxylic acids is 3. The van der Waals surface area contributed by atoms with Gasteiger partial charge in [0, 0.05) is 97.4 Å². The lowest BCUT2D eigenvalue weighted by Crippen LogP contribution is -2.40. The van der Waals surface area contributed by atoms with Gasteiger partial charge in [0.2, 0.25) is 34.2 Å². The number of rotatable bonds is 12. The van der Waals surface area contributed by atoms with E-state index in [1.54, 1.807) is 165 Å². The third-order valence-electron chi connectivity index (χ3n) is 21.8. The minimum Gasteiger partial charge on any atom is -0.876 e. The summed E-state index contributed by atoms with van der Waals surface area (Å²) in [5.41, 5.74) is 7.33. The summed E-state index contributed by atoms with van der Waals surface area (Å²) in [6.07, 6.45) is 21.4. The first-order valence-corrected chi connectivity index (χ1v) is 41.0. The van der Waals surface area contributed by atoms with Gasteiger partial charge in [-0.05, 0) is 147 Å². The third kappa shape index (κ3) is 24.0. The Morgan fingerprint density at radius 2 is 0.767 bits per heavy atom. The van der Waals surface area contributed by atoms with Crippen LogP contribution in [0, 0.1) is 6.92 Å². The van der Waals surface area contributed by atoms with Gasteiger partial charge in [-0.2, -0.15) is 0 Å². The van der Waals surface area contributed by atoms with Gasteiger partial charge in [-0.15, -0.1) is 12.3 Å². The predicted molar refractivity (Wildman–Crippen MR) is 447 cm³/mol. The number of ketones is 2. The van der Waals surface area contributed by atoms with Gasteiger partial charge < -0.3 is 43.6 Å². The van der Waals surface area contributed by atoms with Crippen LogP contribution < -0.4 is 52.6 Å². The molecule has 4 N–H and O–H groups in total. The number of nitrogens with zero attached hydrogens (tertiary/aromatic N) is 4. The average Bonchev–Trinajstić information content (AvgIpc) is 0.960. The van der Waals surface area contributed by atoms with E-state index >= 15 is 0 Å². The second-order valence-electron chi connectivity index (χ2n) is 30.2. The summed E-state index contributed by atoms with van der Waals surface area (Å²) >= 11 is 0. The highest BCUT2D eigenvalue weighted by Gasteiger charge is 2.26. The van der Waals surface area contributed by atoms with E-state index in [-0.39, 0.29) is 47.4 Å². The van der Waals surface area contributed by atoms with Gasteiger partial charge in [-0.3, -0.25) is 58.7 Å². The molecule has 116 heavy (non-hydrogen) atoms. The molecule has 10 aromatic rings. The predicted octanol–water partition coefficient (Wildman–Crippen LogP) is 9.19. The Hall–Kier alpha value is -12.1. The number of fused-ring (bicyclic) bond motifs is 4. The first kappa shape index (κ1) is 84.8. The fraction of sp³-hybridized carbons (Fsp3) is 0.358. The van der Waals surface area contributed by atoms with Gasteiger partial charge in [0.25, 0.3) is 0 Å². The first-order chi connectivity index (χ1) is 56.3. The smallest absolute Gasteiger partial charge is 0.244 e. The van der Waals surface area contributed by atoms with E-state index in [4.69, 9.17) is 8.83 Å². The lowest BCUT2D eigenvalue weighted by atomic mass is 9.94. The van der Waals surface area contributed by atoms with Crippen molar-refractivity contribution < 1.29 is 71.5 Å². The molecule has 0 saturated carbocycles. The molecular weight excluding hydrogens is 1460 g/mol. The fourth-order valence-corrected chi connectivity index (χ4v) is 15.6. The highest BCUT2D eigenvalue weighted by molar-refractivity contribution is 6.10. The number of hydrogen-bond donors (Lipinski definition) is 4. The van der Waals surface area contributed by atoms with Gasteiger partial charge in [-0.1, -0.05) is 140 Å². The van der Waals surface area contributed by atoms with E-state index in [1.807, 2.05) is 37.3 Å². The Balaban J connectivity index is 0.000000132. The zero-order valence-electron chi connectivity index (χ0n) is 66.7. The molecule has 0 fully saturated rings. The number of carbonyl (C=O) groups excluding carboxylic acids is 5. The molecule has 8 aliphatic rings. The van der Waals surface area contributed by atoms with Crippen LogP contribution in [0.2, 0.25) is 0 Å². The summed E-state index contributed by atoms with van der Waals surface area (Å²) in [4.78, 5) is 81.3. The first-order valence-electron chi connectivity index (χ1n) is 41.0. The van der Waals surface area contributed by atoms with Crippen LogP contribution in [-0.4, -0.2) is 150 Å². The van der Waals surface area contributed by atoms with Crippen LogP contribution in [0.25, 0.3) is 43.9 Å². The average molecular weight is 1570 g/mol. The van der Waals surface area contributed by atoms with Crippen molar-refractivity contribution in [3.8, 4) is 0 Å². The Kier molecular flexibility index (Phi) is 31.3. The molecule has 1 atom stereocenters. The highest BCUT2D eigenvalue weighted by Crippen LogP contribution is 2.25. The Bertz CT molecular complexity index is 5120. The molecule has 0 aliphatic carbocycles. The van der Waals surface area contributed by atoms with Crippen molar-refractivity contribution in [3.05, 3.63) is 271 Å². The quantitative estimate of drug-likeness (QED) is 0.0383. The molecule has 21 heteroatoms. The summed E-state index contributed by atoms with van der Waals surface area (Å²) in [6.45, 7) is 21.9. The number of amidine groups is 4. The van der Waals surface area contributed by atoms with E-state index < -0.39 is 23.8 Å². The molecule has 18 rings (SSSR count). The Morgan fingerprint density at radius 3 is 1.20 bits per heavy atom. The number of para-hydroxylation sites is 2. The molecule has 0 saturated heterocycles. The van der Waals surface area contributed by atoms with Crippen molar-refractivity contribution >= 4 is 96.7 Å². The van der Waals surface area contributed by atoms with Crippen molar-refractivity contribution in [1.82, 2.24) is 21.3 Å². The molecule has 8 aliphatic heterocycles. The maximum Gasteiger partial charge on any atom is 0.244 e. The number of carbonyl (C=O) groups is 5. The SMILES string of the molecule is C1CCC2=[N+](CC1)CCCN2.C1CCC2=[N+](CC1)CCCN2.C1CNC2=[N+](C1)CCC2.C1CNC2=[N+](C1)CCC2.C=C([O-])Cc1cccc(C(=O)c2ccccc2)c1C.CC(C(=O)[O-])c1cccc(C(=O)c2ccccc2)c1.O=C([O-])Cc1ccc2oc3ccccc3c(=O)c2c1.O=C([O-])Cc1ccc2oc3ccccc3c(=O)c2c1. The Labute approximate surface area is 677 Å². The molecule has 21 nitrogen and oxygen atoms in total. The lowest BCUT2D eigenvalue weighted by molar-refractivity contribution is -0.534. The molecule has 0 amide bonds. The number of hydrogen-bond acceptors (Lipinski definition) is 17. The molecule has 8 aromatic carbocycles. The van der Waals surface area contributed by atoms with Crippen molar-refractivity contribution in [2.24, 2.45) is 0 Å². The van der Waals surface area contributed by atoms with Gasteiger partial charge in [0.1, 0.15) is 22.3 Å². The van der Waals surface area contributed by atoms with Crippen LogP contribution in [0.15, 0.2) is 219 Å². The minimum absolute atomic E-state index is 0.0172. The summed E-state index contributed by atoms with van der Waals surface area (Å²) in [6, 6.07) is 53.6. The zero-order chi connectivity index (χ0) is 81.7. The normalized spacial score (nSPS) is 16.0. The van der Waals surface area contributed by atoms with Gasteiger partial charge in [0.05, 0.1) is 113 Å². The van der Waals surface area contributed by atoms with E-state index in [2.05, 4.69) is 46.1 Å². The maximum atomic E-state index is 12.4. The molecule has 1 unspecified atom stereocenters. The summed E-state index contributed by atoms with van der Waals surface area (Å²) in [5, 5.41) is 58.8.